The number of alkyl halides is 3. The third kappa shape index (κ3) is 5.84. The summed E-state index contributed by atoms with van der Waals surface area (Å²) >= 11 is 0. The van der Waals surface area contributed by atoms with Gasteiger partial charge >= 0.3 is 12.1 Å². The van der Waals surface area contributed by atoms with Crippen molar-refractivity contribution in [2.45, 2.75) is 31.9 Å². The zero-order valence-electron chi connectivity index (χ0n) is 14.6. The van der Waals surface area contributed by atoms with Crippen LogP contribution in [-0.4, -0.2) is 28.8 Å². The fourth-order valence-corrected chi connectivity index (χ4v) is 2.96. The lowest BCUT2D eigenvalue weighted by Crippen LogP contribution is -2.27. The number of carboxylic acids is 1. The van der Waals surface area contributed by atoms with E-state index in [0.717, 1.165) is 0 Å². The Morgan fingerprint density at radius 1 is 1.41 bits per heavy atom. The molecule has 0 aliphatic heterocycles. The highest BCUT2D eigenvalue weighted by Crippen LogP contribution is 2.40. The summed E-state index contributed by atoms with van der Waals surface area (Å²) in [7, 11) is 0. The molecule has 0 amide bonds. The molecule has 144 valence electrons. The summed E-state index contributed by atoms with van der Waals surface area (Å²) < 4.78 is 38.2. The second kappa shape index (κ2) is 8.71. The average molecular weight is 379 g/mol. The van der Waals surface area contributed by atoms with Crippen molar-refractivity contribution in [3.05, 3.63) is 41.7 Å². The number of carboxylic acid groups (broad SMARTS) is 1. The molecule has 0 unspecified atom stereocenters. The van der Waals surface area contributed by atoms with Crippen molar-refractivity contribution in [2.24, 2.45) is 11.8 Å². The van der Waals surface area contributed by atoms with Crippen molar-refractivity contribution in [1.82, 2.24) is 4.98 Å². The number of hydrogen-bond donors (Lipinski definition) is 2. The monoisotopic (exact) mass is 379 g/mol. The van der Waals surface area contributed by atoms with Crippen LogP contribution in [0.4, 0.5) is 18.9 Å². The summed E-state index contributed by atoms with van der Waals surface area (Å²) in [6, 6.07) is 3.62. The highest BCUT2D eigenvalue weighted by Gasteiger charge is 2.40. The van der Waals surface area contributed by atoms with E-state index in [1.165, 1.54) is 6.20 Å². The molecular weight excluding hydrogens is 359 g/mol. The number of nitrogens with one attached hydrogen (secondary N) is 1. The van der Waals surface area contributed by atoms with E-state index >= 15 is 0 Å². The first-order chi connectivity index (χ1) is 12.7. The molecule has 0 bridgehead atoms. The zero-order chi connectivity index (χ0) is 20.0. The second-order valence-corrected chi connectivity index (χ2v) is 6.55. The molecule has 27 heavy (non-hydrogen) atoms. The molecule has 1 aliphatic rings. The normalized spacial score (nSPS) is 20.2. The van der Waals surface area contributed by atoms with Gasteiger partial charge in [-0.1, -0.05) is 18.7 Å². The first-order valence-corrected chi connectivity index (χ1v) is 8.50. The number of nitrogens with zero attached hydrogens (tertiary/aromatic N) is 2. The minimum Gasteiger partial charge on any atom is -0.478 e. The van der Waals surface area contributed by atoms with Crippen LogP contribution in [0.25, 0.3) is 6.08 Å². The molecule has 5 nitrogen and oxygen atoms in total. The van der Waals surface area contributed by atoms with Crippen molar-refractivity contribution < 1.29 is 23.1 Å². The molecule has 1 heterocycles. The van der Waals surface area contributed by atoms with Gasteiger partial charge in [0.15, 0.2) is 0 Å². The minimum absolute atomic E-state index is 0.0159. The molecule has 1 aromatic heterocycles. The average Bonchev–Trinajstić information content (AvgIpc) is 2.63. The number of aromatic nitrogens is 1. The first kappa shape index (κ1) is 20.5. The van der Waals surface area contributed by atoms with E-state index in [1.54, 1.807) is 12.1 Å². The summed E-state index contributed by atoms with van der Waals surface area (Å²) in [5, 5.41) is 20.9. The van der Waals surface area contributed by atoms with Gasteiger partial charge in [0.2, 0.25) is 0 Å². The number of anilines is 1. The van der Waals surface area contributed by atoms with E-state index in [0.29, 0.717) is 24.1 Å². The van der Waals surface area contributed by atoms with E-state index < -0.39 is 18.1 Å². The van der Waals surface area contributed by atoms with Gasteiger partial charge < -0.3 is 10.4 Å². The quantitative estimate of drug-likeness (QED) is 0.716. The fourth-order valence-electron chi connectivity index (χ4n) is 2.96. The summed E-state index contributed by atoms with van der Waals surface area (Å²) in [6.07, 6.45) is 1.93. The van der Waals surface area contributed by atoms with E-state index in [-0.39, 0.29) is 36.6 Å². The van der Waals surface area contributed by atoms with Crippen LogP contribution < -0.4 is 5.32 Å². The van der Waals surface area contributed by atoms with Crippen molar-refractivity contribution in [2.75, 3.05) is 11.9 Å². The minimum atomic E-state index is -4.13. The summed E-state index contributed by atoms with van der Waals surface area (Å²) in [5.74, 6) is -2.31. The van der Waals surface area contributed by atoms with Gasteiger partial charge in [0.05, 0.1) is 17.8 Å². The predicted molar refractivity (Wildman–Crippen MR) is 94.8 cm³/mol. The number of rotatable bonds is 6. The standard InChI is InChI=1S/C19H20F3N3O2/c1-12(18(26)27)10-24-16-8-14(17(9-23)25-11-16)5-2-13-3-6-15(7-4-13)19(20,21)22/h2,5,8,11,13,15,24H,1,3-4,6-7,10H2,(H,26,27). The molecule has 2 rings (SSSR count). The lowest BCUT2D eigenvalue weighted by Gasteiger charge is -2.28. The molecule has 1 saturated carbocycles. The van der Waals surface area contributed by atoms with Gasteiger partial charge in [-0.25, -0.2) is 9.78 Å². The van der Waals surface area contributed by atoms with E-state index in [9.17, 15) is 23.2 Å². The Kier molecular flexibility index (Phi) is 6.61. The van der Waals surface area contributed by atoms with E-state index in [1.807, 2.05) is 12.1 Å². The number of aliphatic carboxylic acids is 1. The maximum atomic E-state index is 12.7. The molecule has 8 heteroatoms. The highest BCUT2D eigenvalue weighted by atomic mass is 19.4. The van der Waals surface area contributed by atoms with Crippen LogP contribution in [-0.2, 0) is 4.79 Å². The number of allylic oxidation sites excluding steroid dienone is 1. The van der Waals surface area contributed by atoms with Crippen LogP contribution in [0, 0.1) is 23.2 Å². The van der Waals surface area contributed by atoms with Crippen LogP contribution in [0.5, 0.6) is 0 Å². The topological polar surface area (TPSA) is 86.0 Å². The molecule has 0 saturated heterocycles. The maximum Gasteiger partial charge on any atom is 0.391 e. The highest BCUT2D eigenvalue weighted by molar-refractivity contribution is 5.86. The Labute approximate surface area is 155 Å². The third-order valence-electron chi connectivity index (χ3n) is 4.61. The van der Waals surface area contributed by atoms with Crippen LogP contribution in [0.1, 0.15) is 36.9 Å². The largest absolute Gasteiger partial charge is 0.478 e. The van der Waals surface area contributed by atoms with Gasteiger partial charge in [0.25, 0.3) is 0 Å². The van der Waals surface area contributed by atoms with Gasteiger partial charge in [0, 0.05) is 17.7 Å². The number of hydrogen-bond acceptors (Lipinski definition) is 4. The maximum absolute atomic E-state index is 12.7. The van der Waals surface area contributed by atoms with Gasteiger partial charge in [-0.2, -0.15) is 18.4 Å². The Balaban J connectivity index is 2.03. The van der Waals surface area contributed by atoms with Gasteiger partial charge in [0.1, 0.15) is 11.8 Å². The van der Waals surface area contributed by atoms with Crippen molar-refractivity contribution >= 4 is 17.7 Å². The Hall–Kier alpha value is -2.82. The van der Waals surface area contributed by atoms with Crippen molar-refractivity contribution in [3.63, 3.8) is 0 Å². The van der Waals surface area contributed by atoms with Crippen LogP contribution in [0.3, 0.4) is 0 Å². The molecule has 1 aliphatic carbocycles. The Morgan fingerprint density at radius 2 is 2.07 bits per heavy atom. The number of halogens is 3. The summed E-state index contributed by atoms with van der Waals surface area (Å²) in [5.41, 5.74) is 1.23. The molecule has 1 aromatic rings. The number of carbonyl (C=O) groups is 1. The van der Waals surface area contributed by atoms with Crippen molar-refractivity contribution in [3.8, 4) is 6.07 Å². The Bertz CT molecular complexity index is 773. The number of nitriles is 1. The molecule has 0 spiro atoms. The molecule has 0 atom stereocenters. The van der Waals surface area contributed by atoms with Crippen LogP contribution in [0.2, 0.25) is 0 Å². The van der Waals surface area contributed by atoms with Gasteiger partial charge in [-0.3, -0.25) is 0 Å². The molecule has 0 aromatic carbocycles. The summed E-state index contributed by atoms with van der Waals surface area (Å²) in [6.45, 7) is 3.44. The molecular formula is C19H20F3N3O2. The Morgan fingerprint density at radius 3 is 2.63 bits per heavy atom. The molecule has 0 radical (unpaired) electrons. The lowest BCUT2D eigenvalue weighted by atomic mass is 9.81. The van der Waals surface area contributed by atoms with E-state index in [2.05, 4.69) is 16.9 Å². The van der Waals surface area contributed by atoms with E-state index in [4.69, 9.17) is 5.11 Å². The van der Waals surface area contributed by atoms with Crippen LogP contribution in [0.15, 0.2) is 30.5 Å². The smallest absolute Gasteiger partial charge is 0.391 e. The SMILES string of the molecule is C=C(CNc1cnc(C#N)c(C=CC2CCC(C(F)(F)F)CC2)c1)C(=O)O. The fraction of sp³-hybridized carbons (Fsp3) is 0.421. The predicted octanol–water partition coefficient (Wildman–Crippen LogP) is 4.39. The summed E-state index contributed by atoms with van der Waals surface area (Å²) in [4.78, 5) is 14.8. The van der Waals surface area contributed by atoms with Gasteiger partial charge in [-0.05, 0) is 37.7 Å². The molecule has 1 fully saturated rings. The van der Waals surface area contributed by atoms with Gasteiger partial charge in [-0.15, -0.1) is 0 Å². The molecule has 2 N–H and O–H groups in total. The lowest BCUT2D eigenvalue weighted by molar-refractivity contribution is -0.183. The zero-order valence-corrected chi connectivity index (χ0v) is 14.6. The van der Waals surface area contributed by atoms with Crippen molar-refractivity contribution in [1.29, 1.82) is 5.26 Å². The second-order valence-electron chi connectivity index (χ2n) is 6.55. The third-order valence-corrected chi connectivity index (χ3v) is 4.61. The first-order valence-electron chi connectivity index (χ1n) is 8.50. The number of pyridine rings is 1. The van der Waals surface area contributed by atoms with Crippen LogP contribution >= 0.6 is 0 Å².